The van der Waals surface area contributed by atoms with E-state index in [9.17, 15) is 0 Å². The molecule has 0 radical (unpaired) electrons. The molecule has 0 aromatic carbocycles. The molecule has 0 spiro atoms. The van der Waals surface area contributed by atoms with E-state index in [1.54, 1.807) is 6.33 Å². The number of hydrogen-bond acceptors (Lipinski definition) is 5. The third kappa shape index (κ3) is 1.44. The maximum atomic E-state index is 4.26. The van der Waals surface area contributed by atoms with Crippen molar-refractivity contribution in [1.29, 1.82) is 0 Å². The van der Waals surface area contributed by atoms with Crippen LogP contribution in [0.4, 0.5) is 17.1 Å². The van der Waals surface area contributed by atoms with Crippen LogP contribution in [0.3, 0.4) is 0 Å². The Labute approximate surface area is 106 Å². The van der Waals surface area contributed by atoms with Crippen molar-refractivity contribution in [1.82, 2.24) is 15.0 Å². The number of hydrogen-bond donors (Lipinski definition) is 0. The number of fused-ring (bicyclic) bond motifs is 1. The molecule has 2 aromatic rings. The molecule has 5 nitrogen and oxygen atoms in total. The molecule has 1 atom stereocenters. The highest BCUT2D eigenvalue weighted by Gasteiger charge is 2.32. The van der Waals surface area contributed by atoms with Gasteiger partial charge in [0.2, 0.25) is 0 Å². The fourth-order valence-corrected chi connectivity index (χ4v) is 2.39. The molecule has 18 heavy (non-hydrogen) atoms. The van der Waals surface area contributed by atoms with Crippen molar-refractivity contribution >= 4 is 17.1 Å². The molecular formula is C13H15N5. The Balaban J connectivity index is 2.16. The fraction of sp³-hybridized carbons (Fsp3) is 0.308. The van der Waals surface area contributed by atoms with Gasteiger partial charge in [0.1, 0.15) is 12.5 Å². The van der Waals surface area contributed by atoms with Gasteiger partial charge < -0.3 is 9.80 Å². The van der Waals surface area contributed by atoms with Crippen molar-refractivity contribution in [2.45, 2.75) is 20.0 Å². The van der Waals surface area contributed by atoms with E-state index >= 15 is 0 Å². The van der Waals surface area contributed by atoms with Crippen LogP contribution in [0.5, 0.6) is 0 Å². The Hall–Kier alpha value is -2.17. The minimum atomic E-state index is 0.230. The average Bonchev–Trinajstić information content (AvgIpc) is 2.64. The second-order valence-electron chi connectivity index (χ2n) is 4.47. The molecule has 0 bridgehead atoms. The second kappa shape index (κ2) is 3.94. The van der Waals surface area contributed by atoms with Crippen LogP contribution in [0.25, 0.3) is 0 Å². The van der Waals surface area contributed by atoms with Gasteiger partial charge in [-0.1, -0.05) is 0 Å². The molecule has 92 valence electrons. The summed E-state index contributed by atoms with van der Waals surface area (Å²) in [7, 11) is 2.09. The zero-order valence-corrected chi connectivity index (χ0v) is 10.7. The normalized spacial score (nSPS) is 18.1. The summed E-state index contributed by atoms with van der Waals surface area (Å²) in [6.45, 7) is 4.16. The number of nitrogens with zero attached hydrogens (tertiary/aromatic N) is 5. The molecule has 0 saturated carbocycles. The molecule has 0 fully saturated rings. The molecule has 1 aliphatic rings. The van der Waals surface area contributed by atoms with Crippen molar-refractivity contribution in [3.63, 3.8) is 0 Å². The Bertz CT molecular complexity index is 583. The standard InChI is InChI=1S/C13H15N5/c1-9-12(6-15-8-16-9)18-10(2)17(3)11-4-5-14-7-13(11)18/h4-8,10H,1-3H3. The van der Waals surface area contributed by atoms with Crippen molar-refractivity contribution in [3.05, 3.63) is 36.7 Å². The monoisotopic (exact) mass is 241 g/mol. The summed E-state index contributed by atoms with van der Waals surface area (Å²) < 4.78 is 0. The lowest BCUT2D eigenvalue weighted by molar-refractivity contribution is 0.729. The van der Waals surface area contributed by atoms with Gasteiger partial charge in [-0.2, -0.15) is 0 Å². The van der Waals surface area contributed by atoms with E-state index in [2.05, 4.69) is 38.7 Å². The molecular weight excluding hydrogens is 226 g/mol. The van der Waals surface area contributed by atoms with Crippen LogP contribution in [0, 0.1) is 6.92 Å². The predicted molar refractivity (Wildman–Crippen MR) is 71.0 cm³/mol. The lowest BCUT2D eigenvalue weighted by Crippen LogP contribution is -2.36. The lowest BCUT2D eigenvalue weighted by atomic mass is 10.3. The van der Waals surface area contributed by atoms with Crippen molar-refractivity contribution in [2.75, 3.05) is 16.8 Å². The Kier molecular flexibility index (Phi) is 2.40. The minimum absolute atomic E-state index is 0.230. The first-order chi connectivity index (χ1) is 8.70. The van der Waals surface area contributed by atoms with Crippen LogP contribution in [-0.2, 0) is 0 Å². The van der Waals surface area contributed by atoms with Gasteiger partial charge >= 0.3 is 0 Å². The molecule has 0 aliphatic carbocycles. The molecule has 3 rings (SSSR count). The van der Waals surface area contributed by atoms with E-state index in [-0.39, 0.29) is 6.17 Å². The van der Waals surface area contributed by atoms with Gasteiger partial charge in [-0.15, -0.1) is 0 Å². The first kappa shape index (κ1) is 11.0. The zero-order chi connectivity index (χ0) is 12.7. The molecule has 0 N–H and O–H groups in total. The molecule has 1 unspecified atom stereocenters. The third-order valence-corrected chi connectivity index (χ3v) is 3.50. The van der Waals surface area contributed by atoms with Gasteiger partial charge in [-0.05, 0) is 19.9 Å². The first-order valence-electron chi connectivity index (χ1n) is 5.93. The van der Waals surface area contributed by atoms with Gasteiger partial charge in [0.25, 0.3) is 0 Å². The fourth-order valence-electron chi connectivity index (χ4n) is 2.39. The number of rotatable bonds is 1. The summed E-state index contributed by atoms with van der Waals surface area (Å²) >= 11 is 0. The minimum Gasteiger partial charge on any atom is -0.352 e. The molecule has 1 aliphatic heterocycles. The summed E-state index contributed by atoms with van der Waals surface area (Å²) in [6, 6.07) is 2.03. The third-order valence-electron chi connectivity index (χ3n) is 3.50. The molecule has 2 aromatic heterocycles. The summed E-state index contributed by atoms with van der Waals surface area (Å²) in [5.41, 5.74) is 4.29. The SMILES string of the molecule is Cc1ncncc1N1c2cnccc2N(C)C1C. The summed E-state index contributed by atoms with van der Waals surface area (Å²) in [6.07, 6.45) is 7.37. The predicted octanol–water partition coefficient (Wildman–Crippen LogP) is 2.11. The van der Waals surface area contributed by atoms with E-state index in [0.29, 0.717) is 0 Å². The van der Waals surface area contributed by atoms with Crippen LogP contribution in [0.2, 0.25) is 0 Å². The van der Waals surface area contributed by atoms with Crippen LogP contribution in [-0.4, -0.2) is 28.2 Å². The number of aryl methyl sites for hydroxylation is 1. The Morgan fingerprint density at radius 3 is 2.67 bits per heavy atom. The van der Waals surface area contributed by atoms with Crippen LogP contribution >= 0.6 is 0 Å². The molecule has 0 saturated heterocycles. The Morgan fingerprint density at radius 1 is 1.11 bits per heavy atom. The highest BCUT2D eigenvalue weighted by atomic mass is 15.4. The van der Waals surface area contributed by atoms with Crippen LogP contribution < -0.4 is 9.80 Å². The Morgan fingerprint density at radius 2 is 1.89 bits per heavy atom. The second-order valence-corrected chi connectivity index (χ2v) is 4.47. The first-order valence-corrected chi connectivity index (χ1v) is 5.93. The summed E-state index contributed by atoms with van der Waals surface area (Å²) in [5, 5.41) is 0. The lowest BCUT2D eigenvalue weighted by Gasteiger charge is -2.27. The maximum Gasteiger partial charge on any atom is 0.115 e. The largest absolute Gasteiger partial charge is 0.352 e. The summed E-state index contributed by atoms with van der Waals surface area (Å²) in [5.74, 6) is 0. The quantitative estimate of drug-likeness (QED) is 0.765. The molecule has 3 heterocycles. The maximum absolute atomic E-state index is 4.26. The van der Waals surface area contributed by atoms with Gasteiger partial charge in [0.05, 0.1) is 35.1 Å². The highest BCUT2D eigenvalue weighted by molar-refractivity contribution is 5.82. The van der Waals surface area contributed by atoms with Crippen molar-refractivity contribution in [2.24, 2.45) is 0 Å². The molecule has 5 heteroatoms. The van der Waals surface area contributed by atoms with E-state index < -0.39 is 0 Å². The van der Waals surface area contributed by atoms with E-state index in [0.717, 1.165) is 17.1 Å². The smallest absolute Gasteiger partial charge is 0.115 e. The van der Waals surface area contributed by atoms with Gasteiger partial charge in [0.15, 0.2) is 0 Å². The van der Waals surface area contributed by atoms with Gasteiger partial charge in [-0.3, -0.25) is 4.98 Å². The number of anilines is 3. The van der Waals surface area contributed by atoms with Crippen molar-refractivity contribution < 1.29 is 0 Å². The van der Waals surface area contributed by atoms with Gasteiger partial charge in [0, 0.05) is 13.2 Å². The average molecular weight is 241 g/mol. The molecule has 0 amide bonds. The van der Waals surface area contributed by atoms with Crippen molar-refractivity contribution in [3.8, 4) is 0 Å². The van der Waals surface area contributed by atoms with Crippen LogP contribution in [0.1, 0.15) is 12.6 Å². The number of aromatic nitrogens is 3. The highest BCUT2D eigenvalue weighted by Crippen LogP contribution is 2.42. The van der Waals surface area contributed by atoms with Crippen LogP contribution in [0.15, 0.2) is 31.0 Å². The number of pyridine rings is 1. The van der Waals surface area contributed by atoms with E-state index in [1.807, 2.05) is 31.6 Å². The van der Waals surface area contributed by atoms with E-state index in [4.69, 9.17) is 0 Å². The topological polar surface area (TPSA) is 45.2 Å². The van der Waals surface area contributed by atoms with E-state index in [1.165, 1.54) is 5.69 Å². The zero-order valence-electron chi connectivity index (χ0n) is 10.7. The summed E-state index contributed by atoms with van der Waals surface area (Å²) in [4.78, 5) is 17.1. The van der Waals surface area contributed by atoms with Gasteiger partial charge in [-0.25, -0.2) is 9.97 Å².